The molecule has 4 nitrogen and oxygen atoms in total. The second kappa shape index (κ2) is 9.28. The molecule has 0 aromatic heterocycles. The predicted octanol–water partition coefficient (Wildman–Crippen LogP) is 5.21. The molecule has 0 atom stereocenters. The molecule has 5 heteroatoms. The molecule has 1 amide bonds. The van der Waals surface area contributed by atoms with Gasteiger partial charge in [-0.3, -0.25) is 4.79 Å². The number of benzene rings is 2. The van der Waals surface area contributed by atoms with Gasteiger partial charge in [0.15, 0.2) is 11.5 Å². The number of anilines is 1. The van der Waals surface area contributed by atoms with Crippen molar-refractivity contribution in [2.75, 3.05) is 19.0 Å². The summed E-state index contributed by atoms with van der Waals surface area (Å²) >= 11 is 3.44. The molecule has 0 aliphatic heterocycles. The fourth-order valence-corrected chi connectivity index (χ4v) is 2.44. The number of carbonyl (C=O) groups excluding carboxylic acids is 1. The summed E-state index contributed by atoms with van der Waals surface area (Å²) in [5, 5.41) is 2.85. The van der Waals surface area contributed by atoms with Crippen LogP contribution < -0.4 is 14.8 Å². The highest BCUT2D eigenvalue weighted by Crippen LogP contribution is 2.28. The molecule has 2 aromatic carbocycles. The number of hydrogen-bond donors (Lipinski definition) is 1. The SMILES string of the molecule is CCCOc1ccc(/C=C/C(=O)Nc2ccc(Br)c(C)c2)cc1OC. The Labute approximate surface area is 157 Å². The Kier molecular flexibility index (Phi) is 7.07. The van der Waals surface area contributed by atoms with E-state index in [0.717, 1.165) is 27.7 Å². The molecule has 0 aliphatic carbocycles. The molecule has 0 unspecified atom stereocenters. The van der Waals surface area contributed by atoms with Gasteiger partial charge in [-0.15, -0.1) is 0 Å². The molecule has 0 saturated carbocycles. The van der Waals surface area contributed by atoms with E-state index in [9.17, 15) is 4.79 Å². The van der Waals surface area contributed by atoms with E-state index in [1.807, 2.05) is 43.3 Å². The third kappa shape index (κ3) is 5.64. The number of methoxy groups -OCH3 is 1. The van der Waals surface area contributed by atoms with Crippen LogP contribution in [-0.2, 0) is 4.79 Å². The molecule has 132 valence electrons. The van der Waals surface area contributed by atoms with Gasteiger partial charge in [0.25, 0.3) is 0 Å². The van der Waals surface area contributed by atoms with Gasteiger partial charge in [-0.1, -0.05) is 28.9 Å². The Morgan fingerprint density at radius 1 is 1.20 bits per heavy atom. The van der Waals surface area contributed by atoms with Crippen molar-refractivity contribution in [2.24, 2.45) is 0 Å². The number of nitrogens with one attached hydrogen (secondary N) is 1. The standard InChI is InChI=1S/C20H22BrNO3/c1-4-11-25-18-9-5-15(13-19(18)24-3)6-10-20(23)22-16-7-8-17(21)14(2)12-16/h5-10,12-13H,4,11H2,1-3H3,(H,22,23)/b10-6+. The molecule has 0 radical (unpaired) electrons. The van der Waals surface area contributed by atoms with Crippen LogP contribution in [0.2, 0.25) is 0 Å². The Morgan fingerprint density at radius 2 is 2.00 bits per heavy atom. The number of rotatable bonds is 7. The molecule has 0 saturated heterocycles. The molecule has 0 heterocycles. The van der Waals surface area contributed by atoms with Crippen LogP contribution in [0.5, 0.6) is 11.5 Å². The highest BCUT2D eigenvalue weighted by Gasteiger charge is 2.05. The molecule has 0 fully saturated rings. The first-order valence-corrected chi connectivity index (χ1v) is 8.89. The van der Waals surface area contributed by atoms with E-state index >= 15 is 0 Å². The van der Waals surface area contributed by atoms with Crippen molar-refractivity contribution in [3.8, 4) is 11.5 Å². The Bertz CT molecular complexity index is 772. The lowest BCUT2D eigenvalue weighted by molar-refractivity contribution is -0.111. The van der Waals surface area contributed by atoms with Gasteiger partial charge in [-0.05, 0) is 60.9 Å². The van der Waals surface area contributed by atoms with Crippen molar-refractivity contribution in [1.82, 2.24) is 0 Å². The normalized spacial score (nSPS) is 10.7. The third-order valence-corrected chi connectivity index (χ3v) is 4.39. The predicted molar refractivity (Wildman–Crippen MR) is 105 cm³/mol. The maximum absolute atomic E-state index is 12.1. The Morgan fingerprint density at radius 3 is 2.68 bits per heavy atom. The molecule has 0 aliphatic rings. The lowest BCUT2D eigenvalue weighted by Gasteiger charge is -2.10. The number of amides is 1. The van der Waals surface area contributed by atoms with Crippen molar-refractivity contribution in [2.45, 2.75) is 20.3 Å². The first-order chi connectivity index (χ1) is 12.0. The van der Waals surface area contributed by atoms with Crippen LogP contribution in [0.15, 0.2) is 46.9 Å². The topological polar surface area (TPSA) is 47.6 Å². The largest absolute Gasteiger partial charge is 0.493 e. The van der Waals surface area contributed by atoms with Crippen LogP contribution in [0.3, 0.4) is 0 Å². The Hall–Kier alpha value is -2.27. The quantitative estimate of drug-likeness (QED) is 0.645. The van der Waals surface area contributed by atoms with Crippen molar-refractivity contribution >= 4 is 33.6 Å². The van der Waals surface area contributed by atoms with Crippen molar-refractivity contribution in [3.05, 3.63) is 58.1 Å². The third-order valence-electron chi connectivity index (χ3n) is 3.50. The van der Waals surface area contributed by atoms with Crippen LogP contribution in [0, 0.1) is 6.92 Å². The summed E-state index contributed by atoms with van der Waals surface area (Å²) in [5.74, 6) is 1.17. The highest BCUT2D eigenvalue weighted by atomic mass is 79.9. The zero-order chi connectivity index (χ0) is 18.2. The molecule has 0 spiro atoms. The van der Waals surface area contributed by atoms with E-state index in [4.69, 9.17) is 9.47 Å². The summed E-state index contributed by atoms with van der Waals surface area (Å²) in [5.41, 5.74) is 2.69. The van der Waals surface area contributed by atoms with E-state index < -0.39 is 0 Å². The number of carbonyl (C=O) groups is 1. The van der Waals surface area contributed by atoms with Gasteiger partial charge in [0.1, 0.15) is 0 Å². The van der Waals surface area contributed by atoms with Crippen LogP contribution >= 0.6 is 15.9 Å². The van der Waals surface area contributed by atoms with E-state index in [1.54, 1.807) is 13.2 Å². The second-order valence-corrected chi connectivity index (χ2v) is 6.40. The van der Waals surface area contributed by atoms with Crippen LogP contribution in [-0.4, -0.2) is 19.6 Å². The fraction of sp³-hybridized carbons (Fsp3) is 0.250. The summed E-state index contributed by atoms with van der Waals surface area (Å²) in [7, 11) is 1.60. The van der Waals surface area contributed by atoms with Crippen molar-refractivity contribution < 1.29 is 14.3 Å². The van der Waals surface area contributed by atoms with Gasteiger partial charge >= 0.3 is 0 Å². The molecule has 25 heavy (non-hydrogen) atoms. The fourth-order valence-electron chi connectivity index (χ4n) is 2.20. The number of ether oxygens (including phenoxy) is 2. The number of halogens is 1. The molecule has 2 aromatic rings. The van der Waals surface area contributed by atoms with Crippen LogP contribution in [0.1, 0.15) is 24.5 Å². The van der Waals surface area contributed by atoms with E-state index in [-0.39, 0.29) is 5.91 Å². The highest BCUT2D eigenvalue weighted by molar-refractivity contribution is 9.10. The van der Waals surface area contributed by atoms with Gasteiger partial charge < -0.3 is 14.8 Å². The second-order valence-electron chi connectivity index (χ2n) is 5.55. The Balaban J connectivity index is 2.04. The molecule has 0 bridgehead atoms. The van der Waals surface area contributed by atoms with Crippen LogP contribution in [0.4, 0.5) is 5.69 Å². The monoisotopic (exact) mass is 403 g/mol. The van der Waals surface area contributed by atoms with Gasteiger partial charge in [-0.2, -0.15) is 0 Å². The van der Waals surface area contributed by atoms with Gasteiger partial charge in [0.05, 0.1) is 13.7 Å². The first kappa shape index (κ1) is 19.1. The zero-order valence-electron chi connectivity index (χ0n) is 14.6. The average molecular weight is 404 g/mol. The summed E-state index contributed by atoms with van der Waals surface area (Å²) < 4.78 is 12.0. The van der Waals surface area contributed by atoms with Crippen molar-refractivity contribution in [1.29, 1.82) is 0 Å². The average Bonchev–Trinajstić information content (AvgIpc) is 2.61. The van der Waals surface area contributed by atoms with E-state index in [1.165, 1.54) is 6.08 Å². The molecular weight excluding hydrogens is 382 g/mol. The van der Waals surface area contributed by atoms with E-state index in [0.29, 0.717) is 18.1 Å². The lowest BCUT2D eigenvalue weighted by Crippen LogP contribution is -2.07. The van der Waals surface area contributed by atoms with Gasteiger partial charge in [0, 0.05) is 16.2 Å². The summed E-state index contributed by atoms with van der Waals surface area (Å²) in [6.07, 6.45) is 4.17. The molecule has 1 N–H and O–H groups in total. The van der Waals surface area contributed by atoms with Crippen LogP contribution in [0.25, 0.3) is 6.08 Å². The summed E-state index contributed by atoms with van der Waals surface area (Å²) in [4.78, 5) is 12.1. The van der Waals surface area contributed by atoms with Gasteiger partial charge in [0.2, 0.25) is 5.91 Å². The lowest BCUT2D eigenvalue weighted by atomic mass is 10.2. The minimum atomic E-state index is -0.188. The minimum Gasteiger partial charge on any atom is -0.493 e. The maximum Gasteiger partial charge on any atom is 0.248 e. The maximum atomic E-state index is 12.1. The molecular formula is C20H22BrNO3. The summed E-state index contributed by atoms with van der Waals surface area (Å²) in [6.45, 7) is 4.67. The summed E-state index contributed by atoms with van der Waals surface area (Å²) in [6, 6.07) is 11.3. The minimum absolute atomic E-state index is 0.188. The smallest absolute Gasteiger partial charge is 0.248 e. The zero-order valence-corrected chi connectivity index (χ0v) is 16.2. The molecule has 2 rings (SSSR count). The number of aryl methyl sites for hydroxylation is 1. The van der Waals surface area contributed by atoms with E-state index in [2.05, 4.69) is 28.2 Å². The van der Waals surface area contributed by atoms with Crippen molar-refractivity contribution in [3.63, 3.8) is 0 Å². The van der Waals surface area contributed by atoms with Gasteiger partial charge in [-0.25, -0.2) is 0 Å². The first-order valence-electron chi connectivity index (χ1n) is 8.09. The number of hydrogen-bond acceptors (Lipinski definition) is 3.